The first-order valence-corrected chi connectivity index (χ1v) is 14.0. The van der Waals surface area contributed by atoms with Crippen LogP contribution < -0.4 is 5.32 Å². The van der Waals surface area contributed by atoms with Crippen molar-refractivity contribution in [2.24, 2.45) is 17.8 Å². The quantitative estimate of drug-likeness (QED) is 0.350. The van der Waals surface area contributed by atoms with Crippen LogP contribution in [0.4, 0.5) is 8.78 Å². The van der Waals surface area contributed by atoms with Gasteiger partial charge < -0.3 is 20.1 Å². The number of hydrogen-bond acceptors (Lipinski definition) is 4. The second-order valence-corrected chi connectivity index (χ2v) is 11.0. The molecule has 0 aromatic heterocycles. The molecule has 0 spiro atoms. The highest BCUT2D eigenvalue weighted by Crippen LogP contribution is 2.40. The van der Waals surface area contributed by atoms with E-state index in [1.807, 2.05) is 11.9 Å². The highest BCUT2D eigenvalue weighted by Gasteiger charge is 2.41. The van der Waals surface area contributed by atoms with Crippen molar-refractivity contribution >= 4 is 5.91 Å². The molecule has 36 heavy (non-hydrogen) atoms. The van der Waals surface area contributed by atoms with Crippen LogP contribution in [0.3, 0.4) is 0 Å². The van der Waals surface area contributed by atoms with Gasteiger partial charge in [-0.3, -0.25) is 4.79 Å². The maximum Gasteiger partial charge on any atom is 0.222 e. The topological polar surface area (TPSA) is 61.8 Å². The molecule has 7 heteroatoms. The van der Waals surface area contributed by atoms with Crippen LogP contribution in [-0.4, -0.2) is 56.3 Å². The summed E-state index contributed by atoms with van der Waals surface area (Å²) in [5.74, 6) is -0.945. The van der Waals surface area contributed by atoms with Gasteiger partial charge in [-0.05, 0) is 81.6 Å². The Labute approximate surface area is 216 Å². The Morgan fingerprint density at radius 2 is 1.94 bits per heavy atom. The summed E-state index contributed by atoms with van der Waals surface area (Å²) >= 11 is 0. The summed E-state index contributed by atoms with van der Waals surface area (Å²) in [6, 6.07) is 3.70. The van der Waals surface area contributed by atoms with Crippen LogP contribution in [0.15, 0.2) is 18.2 Å². The van der Waals surface area contributed by atoms with Gasteiger partial charge in [0.25, 0.3) is 0 Å². The van der Waals surface area contributed by atoms with E-state index in [1.54, 1.807) is 7.11 Å². The fourth-order valence-electron chi connectivity index (χ4n) is 6.38. The third-order valence-electron chi connectivity index (χ3n) is 8.37. The predicted molar refractivity (Wildman–Crippen MR) is 139 cm³/mol. The van der Waals surface area contributed by atoms with Gasteiger partial charge in [-0.25, -0.2) is 8.78 Å². The van der Waals surface area contributed by atoms with Gasteiger partial charge in [-0.1, -0.05) is 38.2 Å². The predicted octanol–water partition coefficient (Wildman–Crippen LogP) is 5.40. The van der Waals surface area contributed by atoms with E-state index in [9.17, 15) is 18.7 Å². The molecule has 2 aliphatic rings. The second-order valence-electron chi connectivity index (χ2n) is 11.0. The molecular formula is C29H46F2N2O3. The van der Waals surface area contributed by atoms with E-state index in [-0.39, 0.29) is 11.8 Å². The maximum atomic E-state index is 14.2. The number of carbonyl (C=O) groups is 1. The van der Waals surface area contributed by atoms with Crippen molar-refractivity contribution in [2.45, 2.75) is 82.7 Å². The molecule has 1 saturated heterocycles. The molecule has 1 saturated carbocycles. The van der Waals surface area contributed by atoms with E-state index < -0.39 is 17.2 Å². The van der Waals surface area contributed by atoms with Gasteiger partial charge >= 0.3 is 0 Å². The third-order valence-corrected chi connectivity index (χ3v) is 8.37. The number of nitrogens with one attached hydrogen (secondary N) is 1. The molecule has 1 heterocycles. The molecule has 0 unspecified atom stereocenters. The summed E-state index contributed by atoms with van der Waals surface area (Å²) in [5, 5.41) is 15.2. The highest BCUT2D eigenvalue weighted by molar-refractivity contribution is 5.76. The lowest BCUT2D eigenvalue weighted by molar-refractivity contribution is -0.138. The molecular weight excluding hydrogens is 462 g/mol. The average molecular weight is 509 g/mol. The molecule has 1 aliphatic heterocycles. The van der Waals surface area contributed by atoms with E-state index in [2.05, 4.69) is 5.32 Å². The summed E-state index contributed by atoms with van der Waals surface area (Å²) in [6.07, 6.45) is 11.5. The fourth-order valence-corrected chi connectivity index (χ4v) is 6.38. The molecule has 3 rings (SSSR count). The Morgan fingerprint density at radius 3 is 2.64 bits per heavy atom. The van der Waals surface area contributed by atoms with Crippen LogP contribution in [0.1, 0.15) is 82.6 Å². The van der Waals surface area contributed by atoms with Crippen molar-refractivity contribution in [2.75, 3.05) is 40.4 Å². The monoisotopic (exact) mass is 508 g/mol. The highest BCUT2D eigenvalue weighted by atomic mass is 19.2. The summed E-state index contributed by atoms with van der Waals surface area (Å²) in [4.78, 5) is 15.3. The van der Waals surface area contributed by atoms with Crippen LogP contribution in [0.25, 0.3) is 0 Å². The number of carbonyl (C=O) groups excluding carboxylic acids is 1. The van der Waals surface area contributed by atoms with Crippen LogP contribution in [0, 0.1) is 29.4 Å². The van der Waals surface area contributed by atoms with Crippen molar-refractivity contribution in [3.05, 3.63) is 35.4 Å². The summed E-state index contributed by atoms with van der Waals surface area (Å²) in [7, 11) is 3.59. The maximum absolute atomic E-state index is 14.2. The third kappa shape index (κ3) is 7.96. The molecule has 2 N–H and O–H groups in total. The minimum atomic E-state index is -1.33. The Bertz CT molecular complexity index is 818. The number of piperidine rings is 1. The minimum absolute atomic E-state index is 0.141. The van der Waals surface area contributed by atoms with Gasteiger partial charge in [0, 0.05) is 39.1 Å². The first-order valence-electron chi connectivity index (χ1n) is 14.0. The Morgan fingerprint density at radius 1 is 1.17 bits per heavy atom. The standard InChI is InChI=1S/C29H46F2N2O3/c1-32-20-23(17-22-9-4-3-5-10-22)18-28(34)33-15-8-11-25(21-33)29(35,14-6-7-16-36-2)24-12-13-26(30)27(31)19-24/h12-13,19,22-23,25,32,35H,3-11,14-18,20-21H2,1-2H3/t23-,25-,29-/m1/s1. The Kier molecular flexibility index (Phi) is 11.6. The lowest BCUT2D eigenvalue weighted by atomic mass is 9.74. The minimum Gasteiger partial charge on any atom is -0.385 e. The van der Waals surface area contributed by atoms with Gasteiger partial charge in [-0.2, -0.15) is 0 Å². The van der Waals surface area contributed by atoms with Gasteiger partial charge in [0.2, 0.25) is 5.91 Å². The average Bonchev–Trinajstić information content (AvgIpc) is 2.89. The molecule has 2 fully saturated rings. The number of hydrogen-bond donors (Lipinski definition) is 2. The zero-order valence-corrected chi connectivity index (χ0v) is 22.2. The van der Waals surface area contributed by atoms with E-state index in [4.69, 9.17) is 4.74 Å². The van der Waals surface area contributed by atoms with Crippen molar-refractivity contribution < 1.29 is 23.4 Å². The zero-order valence-electron chi connectivity index (χ0n) is 22.2. The number of unbranched alkanes of at least 4 members (excludes halogenated alkanes) is 1. The second kappa shape index (κ2) is 14.4. The fraction of sp³-hybridized carbons (Fsp3) is 0.759. The van der Waals surface area contributed by atoms with E-state index in [0.29, 0.717) is 56.4 Å². The number of methoxy groups -OCH3 is 1. The zero-order chi connectivity index (χ0) is 26.0. The van der Waals surface area contributed by atoms with Gasteiger partial charge in [-0.15, -0.1) is 0 Å². The van der Waals surface area contributed by atoms with Crippen LogP contribution in [-0.2, 0) is 15.1 Å². The van der Waals surface area contributed by atoms with Gasteiger partial charge in [0.15, 0.2) is 11.6 Å². The smallest absolute Gasteiger partial charge is 0.222 e. The largest absolute Gasteiger partial charge is 0.385 e. The summed E-state index contributed by atoms with van der Waals surface area (Å²) in [5.41, 5.74) is -0.934. The first kappa shape index (κ1) is 29.0. The molecule has 1 aromatic rings. The molecule has 1 aliphatic carbocycles. The normalized spacial score (nSPS) is 21.8. The van der Waals surface area contributed by atoms with E-state index >= 15 is 0 Å². The number of rotatable bonds is 13. The number of amides is 1. The number of ether oxygens (including phenoxy) is 1. The van der Waals surface area contributed by atoms with Crippen molar-refractivity contribution in [3.63, 3.8) is 0 Å². The van der Waals surface area contributed by atoms with Crippen molar-refractivity contribution in [3.8, 4) is 0 Å². The number of nitrogens with zero attached hydrogens (tertiary/aromatic N) is 1. The number of likely N-dealkylation sites (tertiary alicyclic amines) is 1. The molecule has 1 aromatic carbocycles. The number of aliphatic hydroxyl groups is 1. The van der Waals surface area contributed by atoms with E-state index in [1.165, 1.54) is 38.2 Å². The van der Waals surface area contributed by atoms with Crippen LogP contribution >= 0.6 is 0 Å². The molecule has 0 radical (unpaired) electrons. The molecule has 3 atom stereocenters. The van der Waals surface area contributed by atoms with Gasteiger partial charge in [0.1, 0.15) is 0 Å². The lowest BCUT2D eigenvalue weighted by Gasteiger charge is -2.43. The SMILES string of the molecule is CNC[C@@H](CC(=O)N1CCC[C@@H]([C@@](O)(CCCCOC)c2ccc(F)c(F)c2)C1)CC1CCCCC1. The molecule has 1 amide bonds. The number of benzene rings is 1. The lowest BCUT2D eigenvalue weighted by Crippen LogP contribution is -2.48. The molecule has 204 valence electrons. The Balaban J connectivity index is 1.70. The van der Waals surface area contributed by atoms with Crippen LogP contribution in [0.2, 0.25) is 0 Å². The van der Waals surface area contributed by atoms with Gasteiger partial charge in [0.05, 0.1) is 5.60 Å². The van der Waals surface area contributed by atoms with E-state index in [0.717, 1.165) is 44.4 Å². The number of halogens is 2. The van der Waals surface area contributed by atoms with Crippen molar-refractivity contribution in [1.82, 2.24) is 10.2 Å². The summed E-state index contributed by atoms with van der Waals surface area (Å²) < 4.78 is 33.0. The molecule has 5 nitrogen and oxygen atoms in total. The molecule has 0 bridgehead atoms. The summed E-state index contributed by atoms with van der Waals surface area (Å²) in [6.45, 7) is 2.53. The van der Waals surface area contributed by atoms with Crippen molar-refractivity contribution in [1.29, 1.82) is 0 Å². The van der Waals surface area contributed by atoms with Crippen LogP contribution in [0.5, 0.6) is 0 Å². The first-order chi connectivity index (χ1) is 17.4. The Hall–Kier alpha value is -1.57.